The van der Waals surface area contributed by atoms with Crippen molar-refractivity contribution in [1.29, 1.82) is 0 Å². The predicted molar refractivity (Wildman–Crippen MR) is 69.9 cm³/mol. The smallest absolute Gasteiger partial charge is 0.0917 e. The first-order valence-corrected chi connectivity index (χ1v) is 6.23. The molecule has 0 radical (unpaired) electrons. The molecule has 3 N–H and O–H groups in total. The second-order valence-corrected chi connectivity index (χ2v) is 4.55. The third kappa shape index (κ3) is 4.86. The van der Waals surface area contributed by atoms with Gasteiger partial charge >= 0.3 is 0 Å². The highest BCUT2D eigenvalue weighted by Crippen LogP contribution is 2.16. The molecule has 0 aliphatic carbocycles. The van der Waals surface area contributed by atoms with E-state index in [0.29, 0.717) is 12.6 Å². The summed E-state index contributed by atoms with van der Waals surface area (Å²) in [6.45, 7) is 4.86. The Bertz CT molecular complexity index is 328. The number of aryl methyl sites for hydroxylation is 1. The Morgan fingerprint density at radius 2 is 2.00 bits per heavy atom. The second kappa shape index (κ2) is 7.43. The first-order chi connectivity index (χ1) is 8.15. The summed E-state index contributed by atoms with van der Waals surface area (Å²) < 4.78 is 0. The average Bonchev–Trinajstić information content (AvgIpc) is 2.34. The molecule has 2 unspecified atom stereocenters. The van der Waals surface area contributed by atoms with E-state index < -0.39 is 6.10 Å². The molecule has 0 spiro atoms. The summed E-state index contributed by atoms with van der Waals surface area (Å²) in [5.74, 6) is 0. The molecule has 3 nitrogen and oxygen atoms in total. The Morgan fingerprint density at radius 1 is 1.29 bits per heavy atom. The zero-order valence-corrected chi connectivity index (χ0v) is 10.7. The molecule has 0 amide bonds. The van der Waals surface area contributed by atoms with Gasteiger partial charge in [0.25, 0.3) is 0 Å². The van der Waals surface area contributed by atoms with Crippen LogP contribution in [-0.4, -0.2) is 29.4 Å². The lowest BCUT2D eigenvalue weighted by Gasteiger charge is -2.18. The van der Waals surface area contributed by atoms with Crippen molar-refractivity contribution in [2.75, 3.05) is 13.2 Å². The third-order valence-corrected chi connectivity index (χ3v) is 3.00. The quantitative estimate of drug-likeness (QED) is 0.677. The highest BCUT2D eigenvalue weighted by molar-refractivity contribution is 5.27. The topological polar surface area (TPSA) is 52.5 Å². The molecular weight excluding hydrogens is 214 g/mol. The Kier molecular flexibility index (Phi) is 6.19. The van der Waals surface area contributed by atoms with Gasteiger partial charge in [0.1, 0.15) is 0 Å². The van der Waals surface area contributed by atoms with Crippen molar-refractivity contribution in [2.24, 2.45) is 0 Å². The van der Waals surface area contributed by atoms with Crippen LogP contribution >= 0.6 is 0 Å². The Morgan fingerprint density at radius 3 is 2.65 bits per heavy atom. The Hall–Kier alpha value is -0.900. The molecule has 0 saturated heterocycles. The number of hydrogen-bond acceptors (Lipinski definition) is 3. The molecule has 0 aromatic heterocycles. The van der Waals surface area contributed by atoms with E-state index in [1.165, 1.54) is 0 Å². The summed E-state index contributed by atoms with van der Waals surface area (Å²) in [5.41, 5.74) is 2.10. The third-order valence-electron chi connectivity index (χ3n) is 3.00. The van der Waals surface area contributed by atoms with Crippen LogP contribution in [0.25, 0.3) is 0 Å². The van der Waals surface area contributed by atoms with Crippen molar-refractivity contribution >= 4 is 0 Å². The molecule has 0 aliphatic heterocycles. The van der Waals surface area contributed by atoms with Crippen LogP contribution in [0.3, 0.4) is 0 Å². The van der Waals surface area contributed by atoms with Crippen LogP contribution in [0.4, 0.5) is 0 Å². The van der Waals surface area contributed by atoms with Gasteiger partial charge in [-0.1, -0.05) is 24.3 Å². The average molecular weight is 237 g/mol. The molecule has 0 heterocycles. The zero-order valence-electron chi connectivity index (χ0n) is 10.7. The fourth-order valence-electron chi connectivity index (χ4n) is 1.88. The molecule has 1 aromatic carbocycles. The van der Waals surface area contributed by atoms with Crippen LogP contribution in [0.15, 0.2) is 24.3 Å². The first-order valence-electron chi connectivity index (χ1n) is 6.23. The summed E-state index contributed by atoms with van der Waals surface area (Å²) >= 11 is 0. The molecule has 0 fully saturated rings. The van der Waals surface area contributed by atoms with Crippen molar-refractivity contribution in [3.63, 3.8) is 0 Å². The number of benzene rings is 1. The molecule has 1 rings (SSSR count). The van der Waals surface area contributed by atoms with E-state index in [1.807, 2.05) is 31.2 Å². The molecular formula is C14H23NO2. The van der Waals surface area contributed by atoms with Gasteiger partial charge in [-0.25, -0.2) is 0 Å². The number of rotatable bonds is 7. The largest absolute Gasteiger partial charge is 0.396 e. The number of aliphatic hydroxyl groups is 2. The maximum Gasteiger partial charge on any atom is 0.0917 e. The lowest BCUT2D eigenvalue weighted by Crippen LogP contribution is -2.30. The SMILES string of the molecule is Cc1ccccc1C(O)CNC(C)CCCO. The zero-order chi connectivity index (χ0) is 12.7. The van der Waals surface area contributed by atoms with Crippen LogP contribution in [0.5, 0.6) is 0 Å². The summed E-state index contributed by atoms with van der Waals surface area (Å²) in [6, 6.07) is 8.21. The van der Waals surface area contributed by atoms with E-state index in [0.717, 1.165) is 24.0 Å². The minimum absolute atomic E-state index is 0.229. The molecule has 17 heavy (non-hydrogen) atoms. The van der Waals surface area contributed by atoms with Gasteiger partial charge < -0.3 is 15.5 Å². The second-order valence-electron chi connectivity index (χ2n) is 4.55. The summed E-state index contributed by atoms with van der Waals surface area (Å²) in [5, 5.41) is 22.1. The van der Waals surface area contributed by atoms with Crippen LogP contribution < -0.4 is 5.32 Å². The molecule has 96 valence electrons. The number of aliphatic hydroxyl groups excluding tert-OH is 2. The lowest BCUT2D eigenvalue weighted by atomic mass is 10.0. The van der Waals surface area contributed by atoms with Gasteiger partial charge in [0.2, 0.25) is 0 Å². The van der Waals surface area contributed by atoms with Crippen molar-refractivity contribution in [3.8, 4) is 0 Å². The van der Waals surface area contributed by atoms with Crippen LogP contribution in [0.1, 0.15) is 37.0 Å². The van der Waals surface area contributed by atoms with Crippen molar-refractivity contribution in [3.05, 3.63) is 35.4 Å². The van der Waals surface area contributed by atoms with Crippen LogP contribution in [0, 0.1) is 6.92 Å². The summed E-state index contributed by atoms with van der Waals surface area (Å²) in [6.07, 6.45) is 1.26. The predicted octanol–water partition coefficient (Wildman–Crippen LogP) is 1.78. The molecule has 1 aromatic rings. The maximum atomic E-state index is 10.1. The molecule has 0 aliphatic rings. The van der Waals surface area contributed by atoms with Crippen LogP contribution in [-0.2, 0) is 0 Å². The highest BCUT2D eigenvalue weighted by atomic mass is 16.3. The van der Waals surface area contributed by atoms with E-state index in [2.05, 4.69) is 12.2 Å². The van der Waals surface area contributed by atoms with E-state index in [4.69, 9.17) is 5.11 Å². The van der Waals surface area contributed by atoms with Crippen molar-refractivity contribution in [1.82, 2.24) is 5.32 Å². The van der Waals surface area contributed by atoms with E-state index in [9.17, 15) is 5.11 Å². The monoisotopic (exact) mass is 237 g/mol. The summed E-state index contributed by atoms with van der Waals surface area (Å²) in [4.78, 5) is 0. The Labute approximate surface area is 103 Å². The Balaban J connectivity index is 2.39. The van der Waals surface area contributed by atoms with E-state index >= 15 is 0 Å². The highest BCUT2D eigenvalue weighted by Gasteiger charge is 2.10. The minimum Gasteiger partial charge on any atom is -0.396 e. The van der Waals surface area contributed by atoms with Gasteiger partial charge in [0.15, 0.2) is 0 Å². The van der Waals surface area contributed by atoms with Gasteiger partial charge in [0.05, 0.1) is 6.10 Å². The van der Waals surface area contributed by atoms with Crippen molar-refractivity contribution < 1.29 is 10.2 Å². The number of hydrogen-bond donors (Lipinski definition) is 3. The van der Waals surface area contributed by atoms with Gasteiger partial charge in [-0.15, -0.1) is 0 Å². The molecule has 3 heteroatoms. The van der Waals surface area contributed by atoms with E-state index in [-0.39, 0.29) is 6.61 Å². The van der Waals surface area contributed by atoms with Crippen molar-refractivity contribution in [2.45, 2.75) is 38.8 Å². The van der Waals surface area contributed by atoms with Gasteiger partial charge in [-0.3, -0.25) is 0 Å². The first kappa shape index (κ1) is 14.2. The molecule has 2 atom stereocenters. The van der Waals surface area contributed by atoms with Crippen LogP contribution in [0.2, 0.25) is 0 Å². The van der Waals surface area contributed by atoms with Gasteiger partial charge in [-0.2, -0.15) is 0 Å². The standard InChI is InChI=1S/C14H23NO2/c1-11-6-3-4-8-13(11)14(17)10-15-12(2)7-5-9-16/h3-4,6,8,12,14-17H,5,7,9-10H2,1-2H3. The van der Waals surface area contributed by atoms with E-state index in [1.54, 1.807) is 0 Å². The lowest BCUT2D eigenvalue weighted by molar-refractivity contribution is 0.168. The molecule has 0 saturated carbocycles. The fourth-order valence-corrected chi connectivity index (χ4v) is 1.88. The van der Waals surface area contributed by atoms with Gasteiger partial charge in [0, 0.05) is 19.2 Å². The summed E-state index contributed by atoms with van der Waals surface area (Å²) in [7, 11) is 0. The fraction of sp³-hybridized carbons (Fsp3) is 0.571. The number of nitrogens with one attached hydrogen (secondary N) is 1. The molecule has 0 bridgehead atoms. The maximum absolute atomic E-state index is 10.1. The van der Waals surface area contributed by atoms with Gasteiger partial charge in [-0.05, 0) is 37.8 Å². The minimum atomic E-state index is -0.465. The normalized spacial score (nSPS) is 14.6.